The van der Waals surface area contributed by atoms with Crippen molar-refractivity contribution in [3.8, 4) is 0 Å². The number of carbonyl (C=O) groups is 2. The van der Waals surface area contributed by atoms with Crippen LogP contribution in [0.5, 0.6) is 0 Å². The number of hydrogen-bond donors (Lipinski definition) is 4. The molecule has 4 N–H and O–H groups in total. The average molecular weight is 247 g/mol. The summed E-state index contributed by atoms with van der Waals surface area (Å²) in [6, 6.07) is 2.28. The minimum atomic E-state index is -1.12. The normalized spacial score (nSPS) is 9.78. The van der Waals surface area contributed by atoms with Crippen LogP contribution in [0.1, 0.15) is 10.5 Å². The van der Waals surface area contributed by atoms with E-state index in [1.54, 1.807) is 0 Å². The molecule has 0 aliphatic carbocycles. The van der Waals surface area contributed by atoms with Crippen LogP contribution in [0.2, 0.25) is 0 Å². The van der Waals surface area contributed by atoms with Crippen LogP contribution in [-0.2, 0) is 0 Å². The molecule has 0 aromatic carbocycles. The van der Waals surface area contributed by atoms with Crippen LogP contribution >= 0.6 is 0 Å². The van der Waals surface area contributed by atoms with Crippen LogP contribution in [0.4, 0.5) is 16.2 Å². The summed E-state index contributed by atoms with van der Waals surface area (Å²) in [5.74, 6) is -1.12. The summed E-state index contributed by atoms with van der Waals surface area (Å²) in [5, 5.41) is 19.9. The SMILES string of the molecule is O=C(Nc1ccc(C(=O)O)nc1)Nc1cn[nH]c1. The van der Waals surface area contributed by atoms with Crippen molar-refractivity contribution in [1.82, 2.24) is 15.2 Å². The fraction of sp³-hybridized carbons (Fsp3) is 0. The van der Waals surface area contributed by atoms with E-state index in [4.69, 9.17) is 5.11 Å². The number of aromatic carboxylic acids is 1. The highest BCUT2D eigenvalue weighted by Crippen LogP contribution is 2.08. The van der Waals surface area contributed by atoms with Gasteiger partial charge in [-0.05, 0) is 12.1 Å². The molecule has 0 fully saturated rings. The Morgan fingerprint density at radius 1 is 1.17 bits per heavy atom. The van der Waals surface area contributed by atoms with Crippen molar-refractivity contribution in [1.29, 1.82) is 0 Å². The van der Waals surface area contributed by atoms with Gasteiger partial charge in [-0.15, -0.1) is 0 Å². The molecule has 0 aliphatic heterocycles. The monoisotopic (exact) mass is 247 g/mol. The molecule has 0 unspecified atom stereocenters. The highest BCUT2D eigenvalue weighted by Gasteiger charge is 2.06. The van der Waals surface area contributed by atoms with Gasteiger partial charge in [0.15, 0.2) is 0 Å². The lowest BCUT2D eigenvalue weighted by molar-refractivity contribution is 0.0690. The van der Waals surface area contributed by atoms with Crippen LogP contribution in [0, 0.1) is 0 Å². The molecule has 0 bridgehead atoms. The molecule has 18 heavy (non-hydrogen) atoms. The zero-order chi connectivity index (χ0) is 13.0. The number of amides is 2. The number of rotatable bonds is 3. The summed E-state index contributed by atoms with van der Waals surface area (Å²) in [4.78, 5) is 25.7. The molecule has 92 valence electrons. The number of aromatic nitrogens is 3. The van der Waals surface area contributed by atoms with E-state index in [2.05, 4.69) is 25.8 Å². The topological polar surface area (TPSA) is 120 Å². The van der Waals surface area contributed by atoms with Gasteiger partial charge >= 0.3 is 12.0 Å². The van der Waals surface area contributed by atoms with Gasteiger partial charge in [0.25, 0.3) is 0 Å². The van der Waals surface area contributed by atoms with Gasteiger partial charge in [0.1, 0.15) is 5.69 Å². The summed E-state index contributed by atoms with van der Waals surface area (Å²) in [6.45, 7) is 0. The average Bonchev–Trinajstić information content (AvgIpc) is 2.82. The molecule has 2 rings (SSSR count). The molecule has 2 heterocycles. The van der Waals surface area contributed by atoms with E-state index in [0.717, 1.165) is 0 Å². The van der Waals surface area contributed by atoms with Crippen LogP contribution < -0.4 is 10.6 Å². The molecule has 0 spiro atoms. The number of nitrogens with zero attached hydrogens (tertiary/aromatic N) is 2. The maximum atomic E-state index is 11.5. The predicted octanol–water partition coefficient (Wildman–Crippen LogP) is 1.15. The van der Waals surface area contributed by atoms with Crippen molar-refractivity contribution in [2.75, 3.05) is 10.6 Å². The van der Waals surface area contributed by atoms with Gasteiger partial charge in [0, 0.05) is 6.20 Å². The number of aromatic amines is 1. The Labute approximate surface area is 101 Å². The van der Waals surface area contributed by atoms with Crippen LogP contribution in [0.25, 0.3) is 0 Å². The summed E-state index contributed by atoms with van der Waals surface area (Å²) in [6.07, 6.45) is 4.23. The van der Waals surface area contributed by atoms with Crippen molar-refractivity contribution in [3.63, 3.8) is 0 Å². The minimum absolute atomic E-state index is 0.0872. The lowest BCUT2D eigenvalue weighted by Gasteiger charge is -2.05. The second kappa shape index (κ2) is 4.95. The van der Waals surface area contributed by atoms with E-state index in [1.165, 1.54) is 30.7 Å². The van der Waals surface area contributed by atoms with E-state index in [0.29, 0.717) is 11.4 Å². The minimum Gasteiger partial charge on any atom is -0.477 e. The highest BCUT2D eigenvalue weighted by atomic mass is 16.4. The number of pyridine rings is 1. The van der Waals surface area contributed by atoms with Gasteiger partial charge in [-0.2, -0.15) is 5.10 Å². The molecule has 0 radical (unpaired) electrons. The third-order valence-electron chi connectivity index (χ3n) is 2.00. The first-order chi connectivity index (χ1) is 8.65. The number of urea groups is 1. The number of nitrogens with one attached hydrogen (secondary N) is 3. The van der Waals surface area contributed by atoms with Crippen LogP contribution in [0.15, 0.2) is 30.7 Å². The number of carboxylic acid groups (broad SMARTS) is 1. The molecule has 2 aromatic heterocycles. The number of hydrogen-bond acceptors (Lipinski definition) is 4. The fourth-order valence-corrected chi connectivity index (χ4v) is 1.21. The predicted molar refractivity (Wildman–Crippen MR) is 62.4 cm³/mol. The largest absolute Gasteiger partial charge is 0.477 e. The fourth-order valence-electron chi connectivity index (χ4n) is 1.21. The highest BCUT2D eigenvalue weighted by molar-refractivity contribution is 5.99. The quantitative estimate of drug-likeness (QED) is 0.648. The Balaban J connectivity index is 1.97. The Kier molecular flexibility index (Phi) is 3.19. The van der Waals surface area contributed by atoms with Gasteiger partial charge in [-0.3, -0.25) is 5.10 Å². The maximum Gasteiger partial charge on any atom is 0.354 e. The Morgan fingerprint density at radius 2 is 1.94 bits per heavy atom. The molecule has 8 heteroatoms. The van der Waals surface area contributed by atoms with Gasteiger partial charge < -0.3 is 15.7 Å². The first-order valence-corrected chi connectivity index (χ1v) is 4.91. The standard InChI is InChI=1S/C10H9N5O3/c16-9(17)8-2-1-6(3-11-8)14-10(18)15-7-4-12-13-5-7/h1-5H,(H,12,13)(H,16,17)(H2,14,15,18). The molecule has 0 saturated heterocycles. The van der Waals surface area contributed by atoms with Crippen LogP contribution in [0.3, 0.4) is 0 Å². The number of carbonyl (C=O) groups excluding carboxylic acids is 1. The van der Waals surface area contributed by atoms with Crippen molar-refractivity contribution < 1.29 is 14.7 Å². The van der Waals surface area contributed by atoms with E-state index in [9.17, 15) is 9.59 Å². The molecule has 8 nitrogen and oxygen atoms in total. The summed E-state index contributed by atoms with van der Waals surface area (Å²) in [5.41, 5.74) is 0.819. The third-order valence-corrected chi connectivity index (χ3v) is 2.00. The molecule has 2 aromatic rings. The lowest BCUT2D eigenvalue weighted by Crippen LogP contribution is -2.19. The van der Waals surface area contributed by atoms with E-state index < -0.39 is 12.0 Å². The lowest BCUT2D eigenvalue weighted by atomic mass is 10.3. The Bertz CT molecular complexity index is 549. The number of H-pyrrole nitrogens is 1. The maximum absolute atomic E-state index is 11.5. The van der Waals surface area contributed by atoms with Crippen molar-refractivity contribution in [2.45, 2.75) is 0 Å². The van der Waals surface area contributed by atoms with E-state index in [1.807, 2.05) is 0 Å². The summed E-state index contributed by atoms with van der Waals surface area (Å²) in [7, 11) is 0. The molecule has 2 amide bonds. The van der Waals surface area contributed by atoms with Crippen molar-refractivity contribution in [3.05, 3.63) is 36.4 Å². The second-order valence-corrected chi connectivity index (χ2v) is 3.30. The third kappa shape index (κ3) is 2.82. The van der Waals surface area contributed by atoms with Gasteiger partial charge in [-0.25, -0.2) is 14.6 Å². The van der Waals surface area contributed by atoms with Gasteiger partial charge in [-0.1, -0.05) is 0 Å². The van der Waals surface area contributed by atoms with E-state index in [-0.39, 0.29) is 5.69 Å². The Hall–Kier alpha value is -2.90. The van der Waals surface area contributed by atoms with Crippen LogP contribution in [-0.4, -0.2) is 32.3 Å². The molecule has 0 saturated carbocycles. The second-order valence-electron chi connectivity index (χ2n) is 3.30. The number of anilines is 2. The van der Waals surface area contributed by atoms with Gasteiger partial charge in [0.05, 0.1) is 23.8 Å². The summed E-state index contributed by atoms with van der Waals surface area (Å²) < 4.78 is 0. The van der Waals surface area contributed by atoms with E-state index >= 15 is 0 Å². The zero-order valence-electron chi connectivity index (χ0n) is 9.04. The molecule has 0 atom stereocenters. The first kappa shape index (κ1) is 11.6. The smallest absolute Gasteiger partial charge is 0.354 e. The number of carboxylic acids is 1. The Morgan fingerprint density at radius 3 is 2.50 bits per heavy atom. The summed E-state index contributed by atoms with van der Waals surface area (Å²) >= 11 is 0. The molecular weight excluding hydrogens is 238 g/mol. The van der Waals surface area contributed by atoms with Crippen molar-refractivity contribution >= 4 is 23.4 Å². The molecule has 0 aliphatic rings. The molecular formula is C10H9N5O3. The van der Waals surface area contributed by atoms with Gasteiger partial charge in [0.2, 0.25) is 0 Å². The zero-order valence-corrected chi connectivity index (χ0v) is 9.04. The first-order valence-electron chi connectivity index (χ1n) is 4.91. The van der Waals surface area contributed by atoms with Crippen molar-refractivity contribution in [2.24, 2.45) is 0 Å².